The molecule has 3 aromatic rings. The molecule has 1 N–H and O–H groups in total. The van der Waals surface area contributed by atoms with Crippen molar-refractivity contribution in [3.63, 3.8) is 0 Å². The lowest BCUT2D eigenvalue weighted by molar-refractivity contribution is 0.103. The van der Waals surface area contributed by atoms with E-state index in [2.05, 4.69) is 4.72 Å². The van der Waals surface area contributed by atoms with Gasteiger partial charge in [0.1, 0.15) is 11.2 Å². The van der Waals surface area contributed by atoms with Gasteiger partial charge in [0.2, 0.25) is 0 Å². The molecule has 0 saturated carbocycles. The monoisotopic (exact) mass is 686 g/mol. The number of sulfone groups is 1. The van der Waals surface area contributed by atoms with Crippen molar-refractivity contribution < 1.29 is 30.6 Å². The van der Waals surface area contributed by atoms with Gasteiger partial charge in [-0.15, -0.1) is 0 Å². The van der Waals surface area contributed by atoms with Gasteiger partial charge in [0.05, 0.1) is 21.4 Å². The normalized spacial score (nSPS) is 15.0. The fraction of sp³-hybridized carbons (Fsp3) is 0.379. The summed E-state index contributed by atoms with van der Waals surface area (Å²) in [7, 11) is -4.15. The van der Waals surface area contributed by atoms with Crippen molar-refractivity contribution in [1.29, 1.82) is 0 Å². The molecule has 0 saturated heterocycles. The van der Waals surface area contributed by atoms with Gasteiger partial charge in [-0.25, -0.2) is 21.7 Å². The minimum absolute atomic E-state index is 0.0127. The number of carbonyl (C=O) groups is 1. The van der Waals surface area contributed by atoms with Gasteiger partial charge >= 0.3 is 0 Å². The summed E-state index contributed by atoms with van der Waals surface area (Å²) in [6.45, 7) is 9.37. The number of aromatic nitrogens is 1. The Morgan fingerprint density at radius 2 is 1.70 bits per heavy atom. The number of hydrogen-bond donors (Lipinski definition) is 1. The maximum absolute atomic E-state index is 15.9. The van der Waals surface area contributed by atoms with E-state index in [-0.39, 0.29) is 27.8 Å². The van der Waals surface area contributed by atoms with Crippen LogP contribution in [-0.4, -0.2) is 47.6 Å². The molecule has 1 heterocycles. The number of nitrogens with zero attached hydrogens (tertiary/aromatic N) is 2. The molecule has 3 rings (SSSR count). The van der Waals surface area contributed by atoms with Crippen molar-refractivity contribution in [2.75, 3.05) is 10.1 Å². The maximum atomic E-state index is 15.9. The first kappa shape index (κ1) is 35.7. The molecule has 44 heavy (non-hydrogen) atoms. The third-order valence-corrected chi connectivity index (χ3v) is 11.9. The molecule has 0 bridgehead atoms. The Kier molecular flexibility index (Phi) is 11.1. The Balaban J connectivity index is 2.43. The van der Waals surface area contributed by atoms with E-state index in [1.54, 1.807) is 27.7 Å². The van der Waals surface area contributed by atoms with Crippen LogP contribution in [0.2, 0.25) is 5.02 Å². The Morgan fingerprint density at radius 3 is 2.23 bits per heavy atom. The third-order valence-electron chi connectivity index (χ3n) is 6.95. The Morgan fingerprint density at radius 1 is 1.11 bits per heavy atom. The van der Waals surface area contributed by atoms with Gasteiger partial charge in [0.15, 0.2) is 15.6 Å². The summed E-state index contributed by atoms with van der Waals surface area (Å²) < 4.78 is 82.9. The number of anilines is 1. The second kappa shape index (κ2) is 13.7. The van der Waals surface area contributed by atoms with Crippen molar-refractivity contribution in [3.05, 3.63) is 86.5 Å². The van der Waals surface area contributed by atoms with Gasteiger partial charge in [0, 0.05) is 64.1 Å². The van der Waals surface area contributed by atoms with E-state index in [1.807, 2.05) is 0 Å². The first-order chi connectivity index (χ1) is 20.3. The van der Waals surface area contributed by atoms with E-state index in [1.165, 1.54) is 55.1 Å². The summed E-state index contributed by atoms with van der Waals surface area (Å²) in [6.07, 6.45) is 1.40. The number of nitrogens with one attached hydrogen (secondary N) is 1. The zero-order valence-electron chi connectivity index (χ0n) is 25.2. The first-order valence-electron chi connectivity index (χ1n) is 13.4. The van der Waals surface area contributed by atoms with Crippen LogP contribution in [0.4, 0.5) is 10.1 Å². The SMILES string of the molecule is CCS(=O)(=O)C(C)N(c1cc(-c2cn(C)c(=O)cc2[C@H](C)NS(=O)C(C)(C)C)c(C(=O)c2ccc(Cl)cc2)cc1F)S(=O)[O-]. The zero-order chi connectivity index (χ0) is 33.3. The molecule has 0 fully saturated rings. The molecule has 2 aromatic carbocycles. The van der Waals surface area contributed by atoms with Gasteiger partial charge in [0.25, 0.3) is 5.56 Å². The number of rotatable bonds is 11. The van der Waals surface area contributed by atoms with Crippen molar-refractivity contribution in [2.24, 2.45) is 7.05 Å². The molecular weight excluding hydrogens is 653 g/mol. The predicted molar refractivity (Wildman–Crippen MR) is 172 cm³/mol. The van der Waals surface area contributed by atoms with Crippen LogP contribution < -0.4 is 14.6 Å². The average molecular weight is 687 g/mol. The third kappa shape index (κ3) is 7.72. The average Bonchev–Trinajstić information content (AvgIpc) is 2.94. The number of hydrogen-bond acceptors (Lipinski definition) is 7. The molecule has 10 nitrogen and oxygen atoms in total. The molecule has 0 aliphatic heterocycles. The molecule has 3 unspecified atom stereocenters. The topological polar surface area (TPSA) is 146 Å². The molecule has 1 aromatic heterocycles. The Labute approximate surface area is 266 Å². The van der Waals surface area contributed by atoms with Crippen LogP contribution in [-0.2, 0) is 39.1 Å². The number of aryl methyl sites for hydroxylation is 1. The van der Waals surface area contributed by atoms with Crippen molar-refractivity contribution in [3.8, 4) is 11.1 Å². The standard InChI is InChI=1S/C29H35ClFN3O7S3/c1-8-44(40,41)18(3)34(43(38)39)26-14-22(23(13-25(26)31)28(36)19-9-11-20(30)12-10-19)24-16-33(7)27(35)15-21(24)17(2)32-42(37)29(4,5)6/h9-18,32H,8H2,1-7H3,(H,38,39)/p-1/t17-,18?,42?/m0/s1. The van der Waals surface area contributed by atoms with Crippen LogP contribution in [0, 0.1) is 5.82 Å². The number of pyridine rings is 1. The van der Waals surface area contributed by atoms with E-state index < -0.39 is 76.9 Å². The van der Waals surface area contributed by atoms with E-state index >= 15 is 4.39 Å². The van der Waals surface area contributed by atoms with Crippen molar-refractivity contribution in [2.45, 2.75) is 57.7 Å². The highest BCUT2D eigenvalue weighted by Gasteiger charge is 2.32. The molecule has 0 amide bonds. The number of carbonyl (C=O) groups excluding carboxylic acids is 1. The fourth-order valence-corrected chi connectivity index (χ4v) is 7.27. The number of ketones is 1. The molecule has 15 heteroatoms. The predicted octanol–water partition coefficient (Wildman–Crippen LogP) is 4.57. The molecule has 4 atom stereocenters. The maximum Gasteiger partial charge on any atom is 0.250 e. The second-order valence-corrected chi connectivity index (χ2v) is 16.9. The van der Waals surface area contributed by atoms with Crippen LogP contribution >= 0.6 is 11.6 Å². The lowest BCUT2D eigenvalue weighted by atomic mass is 9.90. The van der Waals surface area contributed by atoms with Crippen LogP contribution in [0.1, 0.15) is 69.1 Å². The van der Waals surface area contributed by atoms with E-state index in [9.17, 15) is 31.0 Å². The first-order valence-corrected chi connectivity index (χ1v) is 17.7. The van der Waals surface area contributed by atoms with Gasteiger partial charge in [-0.1, -0.05) is 18.5 Å². The lowest BCUT2D eigenvalue weighted by Gasteiger charge is -2.32. The summed E-state index contributed by atoms with van der Waals surface area (Å²) in [5.41, 5.74) is -0.586. The van der Waals surface area contributed by atoms with Gasteiger partial charge in [-0.3, -0.25) is 18.1 Å². The van der Waals surface area contributed by atoms with Crippen LogP contribution in [0.15, 0.2) is 53.5 Å². The molecule has 0 spiro atoms. The van der Waals surface area contributed by atoms with E-state index in [0.29, 0.717) is 9.33 Å². The van der Waals surface area contributed by atoms with Crippen LogP contribution in [0.25, 0.3) is 11.1 Å². The molecular formula is C29H34ClFN3O7S3-. The highest BCUT2D eigenvalue weighted by Crippen LogP contribution is 2.37. The van der Waals surface area contributed by atoms with Gasteiger partial charge in [-0.05, 0) is 82.1 Å². The van der Waals surface area contributed by atoms with Gasteiger partial charge < -0.3 is 9.12 Å². The van der Waals surface area contributed by atoms with E-state index in [4.69, 9.17) is 11.6 Å². The Bertz CT molecular complexity index is 1790. The van der Waals surface area contributed by atoms with Crippen molar-refractivity contribution >= 4 is 55.2 Å². The summed E-state index contributed by atoms with van der Waals surface area (Å²) >= 11 is 2.74. The lowest BCUT2D eigenvalue weighted by Crippen LogP contribution is -2.41. The minimum atomic E-state index is -4.02. The number of benzene rings is 2. The second-order valence-electron chi connectivity index (χ2n) is 11.1. The fourth-order valence-electron chi connectivity index (χ4n) is 4.31. The molecule has 0 aliphatic rings. The molecule has 240 valence electrons. The van der Waals surface area contributed by atoms with Crippen LogP contribution in [0.3, 0.4) is 0 Å². The highest BCUT2D eigenvalue weighted by molar-refractivity contribution is 7.93. The smallest absolute Gasteiger partial charge is 0.250 e. The zero-order valence-corrected chi connectivity index (χ0v) is 28.4. The summed E-state index contributed by atoms with van der Waals surface area (Å²) in [5, 5.41) is -1.32. The highest BCUT2D eigenvalue weighted by atomic mass is 35.5. The molecule has 0 radical (unpaired) electrons. The number of halogens is 2. The van der Waals surface area contributed by atoms with Gasteiger partial charge in [-0.2, -0.15) is 0 Å². The largest absolute Gasteiger partial charge is 0.755 e. The minimum Gasteiger partial charge on any atom is -0.755 e. The quantitative estimate of drug-likeness (QED) is 0.230. The van der Waals surface area contributed by atoms with E-state index in [0.717, 1.165) is 19.1 Å². The van der Waals surface area contributed by atoms with Crippen molar-refractivity contribution in [1.82, 2.24) is 9.29 Å². The Hall–Kier alpha value is -2.75. The summed E-state index contributed by atoms with van der Waals surface area (Å²) in [4.78, 5) is 26.6. The van der Waals surface area contributed by atoms with Crippen LogP contribution in [0.5, 0.6) is 0 Å². The summed E-state index contributed by atoms with van der Waals surface area (Å²) in [6, 6.07) is 8.28. The molecule has 0 aliphatic carbocycles. The summed E-state index contributed by atoms with van der Waals surface area (Å²) in [5.74, 6) is -2.23.